The van der Waals surface area contributed by atoms with Gasteiger partial charge in [-0.05, 0) is 35.9 Å². The lowest BCUT2D eigenvalue weighted by atomic mass is 10.0. The van der Waals surface area contributed by atoms with Crippen molar-refractivity contribution in [2.75, 3.05) is 16.8 Å². The number of carbonyl (C=O) groups is 2. The second kappa shape index (κ2) is 6.67. The van der Waals surface area contributed by atoms with Crippen LogP contribution >= 0.6 is 11.3 Å². The topological polar surface area (TPSA) is 86.1 Å². The summed E-state index contributed by atoms with van der Waals surface area (Å²) in [6.07, 6.45) is 1.25. The minimum Gasteiger partial charge on any atom is -0.325 e. The first kappa shape index (κ1) is 16.9. The number of nitrogens with zero attached hydrogens (tertiary/aromatic N) is 3. The zero-order chi connectivity index (χ0) is 19.0. The Labute approximate surface area is 159 Å². The maximum absolute atomic E-state index is 12.9. The van der Waals surface area contributed by atoms with E-state index in [0.717, 1.165) is 21.5 Å². The molecule has 7 heteroatoms. The van der Waals surface area contributed by atoms with Gasteiger partial charge in [-0.2, -0.15) is 5.26 Å². The predicted molar refractivity (Wildman–Crippen MR) is 105 cm³/mol. The minimum absolute atomic E-state index is 0.189. The lowest BCUT2D eigenvalue weighted by molar-refractivity contribution is -0.117. The SMILES string of the molecule is C=CC(=O)N1CC(C(=O)Nc2ccc3nc(C#N)sc3c2)c2ccccc21. The number of rotatable bonds is 3. The molecule has 0 spiro atoms. The molecule has 27 heavy (non-hydrogen) atoms. The number of anilines is 2. The van der Waals surface area contributed by atoms with Gasteiger partial charge in [-0.15, -0.1) is 11.3 Å². The van der Waals surface area contributed by atoms with Gasteiger partial charge in [0.15, 0.2) is 5.01 Å². The molecule has 132 valence electrons. The Morgan fingerprint density at radius 3 is 2.93 bits per heavy atom. The van der Waals surface area contributed by atoms with E-state index in [9.17, 15) is 9.59 Å². The minimum atomic E-state index is -0.461. The van der Waals surface area contributed by atoms with Crippen molar-refractivity contribution in [2.24, 2.45) is 0 Å². The van der Waals surface area contributed by atoms with Gasteiger partial charge in [0.1, 0.15) is 6.07 Å². The molecule has 1 aliphatic rings. The molecule has 0 aliphatic carbocycles. The Morgan fingerprint density at radius 2 is 2.15 bits per heavy atom. The fraction of sp³-hybridized carbons (Fsp3) is 0.100. The van der Waals surface area contributed by atoms with Crippen molar-refractivity contribution in [2.45, 2.75) is 5.92 Å². The van der Waals surface area contributed by atoms with E-state index in [1.807, 2.05) is 30.3 Å². The first-order chi connectivity index (χ1) is 13.1. The summed E-state index contributed by atoms with van der Waals surface area (Å²) in [6.45, 7) is 3.81. The van der Waals surface area contributed by atoms with Crippen molar-refractivity contribution in [3.63, 3.8) is 0 Å². The number of nitriles is 1. The molecular formula is C20H14N4O2S. The van der Waals surface area contributed by atoms with Crippen LogP contribution in [0, 0.1) is 11.3 Å². The molecule has 1 unspecified atom stereocenters. The van der Waals surface area contributed by atoms with Crippen molar-refractivity contribution in [3.05, 3.63) is 65.7 Å². The highest BCUT2D eigenvalue weighted by atomic mass is 32.1. The molecule has 2 heterocycles. The monoisotopic (exact) mass is 374 g/mol. The summed E-state index contributed by atoms with van der Waals surface area (Å²) in [5.41, 5.74) is 2.91. The van der Waals surface area contributed by atoms with E-state index < -0.39 is 5.92 Å². The molecule has 2 aromatic carbocycles. The summed E-state index contributed by atoms with van der Waals surface area (Å²) in [6, 6.07) is 14.8. The first-order valence-electron chi connectivity index (χ1n) is 8.25. The van der Waals surface area contributed by atoms with Crippen molar-refractivity contribution < 1.29 is 9.59 Å². The van der Waals surface area contributed by atoms with Crippen LogP contribution in [0.1, 0.15) is 16.5 Å². The number of fused-ring (bicyclic) bond motifs is 2. The summed E-state index contributed by atoms with van der Waals surface area (Å²) in [4.78, 5) is 30.8. The van der Waals surface area contributed by atoms with Crippen LogP contribution in [0.3, 0.4) is 0 Å². The average molecular weight is 374 g/mol. The summed E-state index contributed by atoms with van der Waals surface area (Å²) in [5.74, 6) is -0.879. The van der Waals surface area contributed by atoms with E-state index in [4.69, 9.17) is 5.26 Å². The fourth-order valence-corrected chi connectivity index (χ4v) is 4.03. The normalized spacial score (nSPS) is 15.2. The maximum Gasteiger partial charge on any atom is 0.250 e. The summed E-state index contributed by atoms with van der Waals surface area (Å²) in [7, 11) is 0. The number of nitrogens with one attached hydrogen (secondary N) is 1. The van der Waals surface area contributed by atoms with Crippen molar-refractivity contribution in [3.8, 4) is 6.07 Å². The lowest BCUT2D eigenvalue weighted by Crippen LogP contribution is -2.31. The van der Waals surface area contributed by atoms with Crippen LogP contribution in [0.2, 0.25) is 0 Å². The number of benzene rings is 2. The van der Waals surface area contributed by atoms with Crippen LogP contribution in [0.25, 0.3) is 10.2 Å². The Bertz CT molecular complexity index is 1130. The van der Waals surface area contributed by atoms with Gasteiger partial charge in [-0.1, -0.05) is 24.8 Å². The van der Waals surface area contributed by atoms with Gasteiger partial charge in [-0.3, -0.25) is 9.59 Å². The van der Waals surface area contributed by atoms with E-state index in [1.54, 1.807) is 23.1 Å². The molecule has 4 rings (SSSR count). The zero-order valence-electron chi connectivity index (χ0n) is 14.2. The number of thiazole rings is 1. The summed E-state index contributed by atoms with van der Waals surface area (Å²) < 4.78 is 0.833. The Morgan fingerprint density at radius 1 is 1.33 bits per heavy atom. The Kier molecular flexibility index (Phi) is 4.18. The lowest BCUT2D eigenvalue weighted by Gasteiger charge is -2.15. The molecule has 6 nitrogen and oxygen atoms in total. The highest BCUT2D eigenvalue weighted by molar-refractivity contribution is 7.19. The first-order valence-corrected chi connectivity index (χ1v) is 9.07. The van der Waals surface area contributed by atoms with E-state index >= 15 is 0 Å². The van der Waals surface area contributed by atoms with E-state index in [0.29, 0.717) is 10.7 Å². The van der Waals surface area contributed by atoms with Gasteiger partial charge in [0, 0.05) is 17.9 Å². The van der Waals surface area contributed by atoms with Gasteiger partial charge in [0.2, 0.25) is 11.8 Å². The number of aromatic nitrogens is 1. The molecule has 0 fully saturated rings. The van der Waals surface area contributed by atoms with Crippen LogP contribution in [-0.4, -0.2) is 23.3 Å². The predicted octanol–water partition coefficient (Wildman–Crippen LogP) is 3.42. The van der Waals surface area contributed by atoms with Crippen LogP contribution in [0.5, 0.6) is 0 Å². The number of hydrogen-bond donors (Lipinski definition) is 1. The quantitative estimate of drug-likeness (QED) is 0.712. The van der Waals surface area contributed by atoms with Crippen molar-refractivity contribution in [1.29, 1.82) is 5.26 Å². The molecule has 1 aromatic heterocycles. The van der Waals surface area contributed by atoms with Gasteiger partial charge in [0.05, 0.1) is 16.1 Å². The van der Waals surface area contributed by atoms with Gasteiger partial charge in [-0.25, -0.2) is 4.98 Å². The average Bonchev–Trinajstić information content (AvgIpc) is 3.28. The number of para-hydroxylation sites is 1. The molecule has 2 amide bonds. The molecule has 0 saturated carbocycles. The van der Waals surface area contributed by atoms with Crippen LogP contribution < -0.4 is 10.2 Å². The smallest absolute Gasteiger partial charge is 0.250 e. The molecule has 0 radical (unpaired) electrons. The molecule has 1 atom stereocenters. The van der Waals surface area contributed by atoms with E-state index in [1.165, 1.54) is 17.4 Å². The summed E-state index contributed by atoms with van der Waals surface area (Å²) in [5, 5.41) is 12.3. The molecule has 1 aliphatic heterocycles. The van der Waals surface area contributed by atoms with Crippen LogP contribution in [-0.2, 0) is 9.59 Å². The van der Waals surface area contributed by atoms with E-state index in [2.05, 4.69) is 16.9 Å². The molecule has 0 saturated heterocycles. The summed E-state index contributed by atoms with van der Waals surface area (Å²) >= 11 is 1.28. The fourth-order valence-electron chi connectivity index (χ4n) is 3.23. The van der Waals surface area contributed by atoms with Gasteiger partial charge in [0.25, 0.3) is 0 Å². The third kappa shape index (κ3) is 2.96. The van der Waals surface area contributed by atoms with Gasteiger partial charge < -0.3 is 10.2 Å². The highest BCUT2D eigenvalue weighted by Gasteiger charge is 2.35. The van der Waals surface area contributed by atoms with Crippen LogP contribution in [0.15, 0.2) is 55.1 Å². The van der Waals surface area contributed by atoms with E-state index in [-0.39, 0.29) is 18.4 Å². The molecule has 3 aromatic rings. The highest BCUT2D eigenvalue weighted by Crippen LogP contribution is 2.37. The second-order valence-electron chi connectivity index (χ2n) is 6.07. The second-order valence-corrected chi connectivity index (χ2v) is 7.10. The number of carbonyl (C=O) groups excluding carboxylic acids is 2. The van der Waals surface area contributed by atoms with Gasteiger partial charge >= 0.3 is 0 Å². The van der Waals surface area contributed by atoms with Crippen molar-refractivity contribution in [1.82, 2.24) is 4.98 Å². The van der Waals surface area contributed by atoms with Crippen molar-refractivity contribution >= 4 is 44.7 Å². The third-order valence-electron chi connectivity index (χ3n) is 4.48. The molecule has 1 N–H and O–H groups in total. The number of amides is 2. The number of hydrogen-bond acceptors (Lipinski definition) is 5. The molecule has 0 bridgehead atoms. The molecular weight excluding hydrogens is 360 g/mol. The van der Waals surface area contributed by atoms with Crippen LogP contribution in [0.4, 0.5) is 11.4 Å². The Balaban J connectivity index is 1.61. The zero-order valence-corrected chi connectivity index (χ0v) is 15.0. The third-order valence-corrected chi connectivity index (χ3v) is 5.40. The Hall–Kier alpha value is -3.50. The maximum atomic E-state index is 12.9. The largest absolute Gasteiger partial charge is 0.325 e. The standard InChI is InChI=1S/C20H14N4O2S/c1-2-19(25)24-11-14(13-5-3-4-6-16(13)24)20(26)22-12-7-8-15-17(9-12)27-18(10-21)23-15/h2-9,14H,1,11H2,(H,22,26).